The van der Waals surface area contributed by atoms with Crippen LogP contribution >= 0.6 is 0 Å². The van der Waals surface area contributed by atoms with Gasteiger partial charge in [-0.05, 0) is 6.42 Å². The Labute approximate surface area is 85.7 Å². The van der Waals surface area contributed by atoms with E-state index >= 15 is 0 Å². The fourth-order valence-corrected chi connectivity index (χ4v) is 1.85. The van der Waals surface area contributed by atoms with Gasteiger partial charge in [-0.2, -0.15) is 0 Å². The molecule has 3 rings (SSSR count). The van der Waals surface area contributed by atoms with Crippen LogP contribution in [0.25, 0.3) is 5.65 Å². The van der Waals surface area contributed by atoms with Crippen molar-refractivity contribution in [2.45, 2.75) is 12.3 Å². The second kappa shape index (κ2) is 3.20. The second-order valence-corrected chi connectivity index (χ2v) is 3.76. The molecule has 0 amide bonds. The average molecular weight is 205 g/mol. The van der Waals surface area contributed by atoms with E-state index < -0.39 is 0 Å². The van der Waals surface area contributed by atoms with Gasteiger partial charge in [0.2, 0.25) is 0 Å². The molecule has 0 aromatic carbocycles. The molecule has 5 nitrogen and oxygen atoms in total. The van der Waals surface area contributed by atoms with Gasteiger partial charge in [0, 0.05) is 30.9 Å². The minimum absolute atomic E-state index is 0.0179. The van der Waals surface area contributed by atoms with Gasteiger partial charge in [0.25, 0.3) is 0 Å². The molecule has 1 N–H and O–H groups in total. The number of nitrogens with one attached hydrogen (secondary N) is 1. The van der Waals surface area contributed by atoms with Crippen molar-refractivity contribution in [2.75, 3.05) is 13.2 Å². The molecular weight excluding hydrogens is 194 g/mol. The second-order valence-electron chi connectivity index (χ2n) is 3.76. The zero-order valence-corrected chi connectivity index (χ0v) is 8.14. The van der Waals surface area contributed by atoms with Crippen molar-refractivity contribution in [1.82, 2.24) is 14.6 Å². The first-order valence-corrected chi connectivity index (χ1v) is 4.99. The summed E-state index contributed by atoms with van der Waals surface area (Å²) in [4.78, 5) is 15.5. The molecule has 3 heterocycles. The van der Waals surface area contributed by atoms with Crippen LogP contribution in [0.15, 0.2) is 23.1 Å². The molecule has 0 radical (unpaired) electrons. The largest absolute Gasteiger partial charge is 0.381 e. The molecule has 1 atom stereocenters. The topological polar surface area (TPSA) is 59.4 Å². The van der Waals surface area contributed by atoms with Gasteiger partial charge in [-0.1, -0.05) is 0 Å². The molecule has 0 bridgehead atoms. The van der Waals surface area contributed by atoms with E-state index in [1.54, 1.807) is 10.7 Å². The molecule has 2 aromatic heterocycles. The molecule has 1 fully saturated rings. The van der Waals surface area contributed by atoms with Gasteiger partial charge >= 0.3 is 0 Å². The first-order valence-electron chi connectivity index (χ1n) is 4.99. The summed E-state index contributed by atoms with van der Waals surface area (Å²) in [5.41, 5.74) is 0.653. The summed E-state index contributed by atoms with van der Waals surface area (Å²) in [6, 6.07) is 3.04. The van der Waals surface area contributed by atoms with Crippen LogP contribution in [0.3, 0.4) is 0 Å². The van der Waals surface area contributed by atoms with E-state index in [1.165, 1.54) is 12.1 Å². The number of rotatable bonds is 1. The summed E-state index contributed by atoms with van der Waals surface area (Å²) in [6.07, 6.45) is 2.69. The van der Waals surface area contributed by atoms with E-state index in [2.05, 4.69) is 10.1 Å². The third-order valence-corrected chi connectivity index (χ3v) is 2.69. The maximum absolute atomic E-state index is 11.1. The molecule has 15 heavy (non-hydrogen) atoms. The van der Waals surface area contributed by atoms with Gasteiger partial charge < -0.3 is 4.74 Å². The smallest absolute Gasteiger partial charge is 0.183 e. The Balaban J connectivity index is 2.09. The van der Waals surface area contributed by atoms with Gasteiger partial charge in [0.1, 0.15) is 5.82 Å². The molecule has 1 aliphatic heterocycles. The van der Waals surface area contributed by atoms with Crippen molar-refractivity contribution < 1.29 is 4.74 Å². The number of aromatic nitrogens is 3. The van der Waals surface area contributed by atoms with Gasteiger partial charge in [-0.3, -0.25) is 9.89 Å². The molecular formula is C10H11N3O2. The molecule has 78 valence electrons. The maximum Gasteiger partial charge on any atom is 0.183 e. The quantitative estimate of drug-likeness (QED) is 0.738. The highest BCUT2D eigenvalue weighted by Crippen LogP contribution is 2.22. The summed E-state index contributed by atoms with van der Waals surface area (Å²) in [6.45, 7) is 1.50. The number of hydrogen-bond donors (Lipinski definition) is 1. The number of ether oxygens (including phenoxy) is 1. The molecule has 2 aromatic rings. The van der Waals surface area contributed by atoms with E-state index in [0.717, 1.165) is 18.9 Å². The molecule has 0 spiro atoms. The standard InChI is InChI=1S/C10H11N3O2/c14-8-1-3-13-9(5-8)11-10(12-13)7-2-4-15-6-7/h1,3,5,7H,2,4,6H2,(H,11,12). The van der Waals surface area contributed by atoms with Crippen molar-refractivity contribution >= 4 is 5.65 Å². The summed E-state index contributed by atoms with van der Waals surface area (Å²) < 4.78 is 7.06. The maximum atomic E-state index is 11.1. The van der Waals surface area contributed by atoms with E-state index in [1.807, 2.05) is 0 Å². The molecule has 0 saturated carbocycles. The first-order chi connectivity index (χ1) is 7.33. The Bertz CT molecular complexity index is 537. The van der Waals surface area contributed by atoms with Crippen LogP contribution in [-0.4, -0.2) is 27.8 Å². The van der Waals surface area contributed by atoms with Crippen molar-refractivity contribution in [3.8, 4) is 0 Å². The predicted molar refractivity (Wildman–Crippen MR) is 54.0 cm³/mol. The third kappa shape index (κ3) is 1.45. The van der Waals surface area contributed by atoms with Crippen LogP contribution < -0.4 is 5.43 Å². The molecule has 1 saturated heterocycles. The van der Waals surface area contributed by atoms with Crippen LogP contribution in [0, 0.1) is 0 Å². The minimum atomic E-state index is -0.0179. The number of fused-ring (bicyclic) bond motifs is 1. The molecule has 1 unspecified atom stereocenters. The monoisotopic (exact) mass is 205 g/mol. The average Bonchev–Trinajstić information content (AvgIpc) is 2.84. The normalized spacial score (nSPS) is 21.2. The van der Waals surface area contributed by atoms with Crippen molar-refractivity contribution in [3.63, 3.8) is 0 Å². The first kappa shape index (κ1) is 8.67. The van der Waals surface area contributed by atoms with E-state index in [-0.39, 0.29) is 5.43 Å². The SMILES string of the molecule is O=c1ccn2[nH]c(C3CCOC3)nc2c1. The van der Waals surface area contributed by atoms with Crippen molar-refractivity contribution in [3.05, 3.63) is 34.4 Å². The zero-order chi connectivity index (χ0) is 10.3. The Morgan fingerprint density at radius 3 is 3.33 bits per heavy atom. The van der Waals surface area contributed by atoms with E-state index in [9.17, 15) is 4.79 Å². The van der Waals surface area contributed by atoms with E-state index in [0.29, 0.717) is 18.2 Å². The third-order valence-electron chi connectivity index (χ3n) is 2.69. The summed E-state index contributed by atoms with van der Waals surface area (Å²) in [5, 5.41) is 3.15. The lowest BCUT2D eigenvalue weighted by Crippen LogP contribution is -2.00. The highest BCUT2D eigenvalue weighted by Gasteiger charge is 2.20. The van der Waals surface area contributed by atoms with Crippen LogP contribution in [0.5, 0.6) is 0 Å². The lowest BCUT2D eigenvalue weighted by atomic mass is 10.1. The van der Waals surface area contributed by atoms with Crippen LogP contribution in [-0.2, 0) is 4.74 Å². The highest BCUT2D eigenvalue weighted by molar-refractivity contribution is 5.36. The van der Waals surface area contributed by atoms with Gasteiger partial charge in [0.05, 0.1) is 6.61 Å². The molecule has 1 aliphatic rings. The number of pyridine rings is 1. The minimum Gasteiger partial charge on any atom is -0.381 e. The summed E-state index contributed by atoms with van der Waals surface area (Å²) in [5.74, 6) is 1.23. The van der Waals surface area contributed by atoms with Crippen LogP contribution in [0.4, 0.5) is 0 Å². The Hall–Kier alpha value is -1.62. The number of hydrogen-bond acceptors (Lipinski definition) is 3. The predicted octanol–water partition coefficient (Wildman–Crippen LogP) is 0.526. The summed E-state index contributed by atoms with van der Waals surface area (Å²) in [7, 11) is 0. The Morgan fingerprint density at radius 2 is 2.53 bits per heavy atom. The lowest BCUT2D eigenvalue weighted by Gasteiger charge is -2.00. The van der Waals surface area contributed by atoms with E-state index in [4.69, 9.17) is 4.74 Å². The Morgan fingerprint density at radius 1 is 1.60 bits per heavy atom. The lowest BCUT2D eigenvalue weighted by molar-refractivity contribution is 0.193. The van der Waals surface area contributed by atoms with Crippen molar-refractivity contribution in [1.29, 1.82) is 0 Å². The van der Waals surface area contributed by atoms with Crippen LogP contribution in [0.1, 0.15) is 18.2 Å². The van der Waals surface area contributed by atoms with Gasteiger partial charge in [-0.25, -0.2) is 9.50 Å². The fraction of sp³-hybridized carbons (Fsp3) is 0.400. The summed E-state index contributed by atoms with van der Waals surface area (Å²) >= 11 is 0. The number of H-pyrrole nitrogens is 1. The number of nitrogens with zero attached hydrogens (tertiary/aromatic N) is 2. The van der Waals surface area contributed by atoms with Crippen molar-refractivity contribution in [2.24, 2.45) is 0 Å². The zero-order valence-electron chi connectivity index (χ0n) is 8.14. The highest BCUT2D eigenvalue weighted by atomic mass is 16.5. The Kier molecular flexibility index (Phi) is 1.85. The molecule has 0 aliphatic carbocycles. The fourth-order valence-electron chi connectivity index (χ4n) is 1.85. The molecule has 5 heteroatoms. The van der Waals surface area contributed by atoms with Gasteiger partial charge in [0.15, 0.2) is 11.1 Å². The van der Waals surface area contributed by atoms with Crippen LogP contribution in [0.2, 0.25) is 0 Å². The number of aromatic amines is 1. The van der Waals surface area contributed by atoms with Gasteiger partial charge in [-0.15, -0.1) is 0 Å².